The first-order valence-electron chi connectivity index (χ1n) is 7.06. The molecule has 0 aromatic rings. The molecule has 1 saturated carbocycles. The third-order valence-electron chi connectivity index (χ3n) is 4.13. The summed E-state index contributed by atoms with van der Waals surface area (Å²) in [6.45, 7) is 7.29. The summed E-state index contributed by atoms with van der Waals surface area (Å²) in [5, 5.41) is 9.69. The molecule has 2 rings (SSSR count). The second-order valence-corrected chi connectivity index (χ2v) is 6.64. The molecule has 1 heterocycles. The van der Waals surface area contributed by atoms with Crippen LogP contribution in [-0.4, -0.2) is 54.1 Å². The Hall–Kier alpha value is -0.810. The Morgan fingerprint density at radius 1 is 1.47 bits per heavy atom. The van der Waals surface area contributed by atoms with Crippen molar-refractivity contribution in [2.45, 2.75) is 51.7 Å². The van der Waals surface area contributed by atoms with Crippen LogP contribution in [-0.2, 0) is 9.47 Å². The summed E-state index contributed by atoms with van der Waals surface area (Å²) in [4.78, 5) is 14.0. The Morgan fingerprint density at radius 2 is 2.16 bits per heavy atom. The molecule has 1 atom stereocenters. The number of nitrogens with zero attached hydrogens (tertiary/aromatic N) is 1. The van der Waals surface area contributed by atoms with E-state index in [1.165, 1.54) is 0 Å². The second kappa shape index (κ2) is 5.29. The molecule has 2 aliphatic rings. The molecule has 110 valence electrons. The number of morpholine rings is 1. The number of hydrogen-bond donors (Lipinski definition) is 1. The minimum atomic E-state index is -0.494. The molecule has 5 nitrogen and oxygen atoms in total. The van der Waals surface area contributed by atoms with E-state index in [1.54, 1.807) is 4.90 Å². The van der Waals surface area contributed by atoms with E-state index in [4.69, 9.17) is 9.47 Å². The van der Waals surface area contributed by atoms with Crippen molar-refractivity contribution in [1.29, 1.82) is 0 Å². The maximum atomic E-state index is 12.3. The summed E-state index contributed by atoms with van der Waals surface area (Å²) >= 11 is 0. The van der Waals surface area contributed by atoms with Crippen LogP contribution < -0.4 is 0 Å². The van der Waals surface area contributed by atoms with E-state index in [0.717, 1.165) is 19.3 Å². The van der Waals surface area contributed by atoms with Crippen LogP contribution in [0.3, 0.4) is 0 Å². The highest BCUT2D eigenvalue weighted by Gasteiger charge is 2.49. The van der Waals surface area contributed by atoms with Crippen LogP contribution >= 0.6 is 0 Å². The topological polar surface area (TPSA) is 59.0 Å². The van der Waals surface area contributed by atoms with Gasteiger partial charge in [0.15, 0.2) is 0 Å². The van der Waals surface area contributed by atoms with E-state index < -0.39 is 5.60 Å². The monoisotopic (exact) mass is 271 g/mol. The molecule has 1 aliphatic heterocycles. The van der Waals surface area contributed by atoms with Crippen molar-refractivity contribution in [1.82, 2.24) is 4.90 Å². The third kappa shape index (κ3) is 3.03. The summed E-state index contributed by atoms with van der Waals surface area (Å²) < 4.78 is 11.0. The first-order chi connectivity index (χ1) is 8.88. The zero-order valence-corrected chi connectivity index (χ0v) is 12.1. The molecule has 0 aromatic heterocycles. The van der Waals surface area contributed by atoms with Gasteiger partial charge in [-0.2, -0.15) is 0 Å². The minimum absolute atomic E-state index is 0.0603. The van der Waals surface area contributed by atoms with Crippen LogP contribution in [0.2, 0.25) is 0 Å². The van der Waals surface area contributed by atoms with Crippen molar-refractivity contribution in [2.75, 3.05) is 26.4 Å². The van der Waals surface area contributed by atoms with Gasteiger partial charge in [-0.1, -0.05) is 6.42 Å². The average molecular weight is 271 g/mol. The molecule has 1 N–H and O–H groups in total. The molecule has 1 amide bonds. The summed E-state index contributed by atoms with van der Waals surface area (Å²) in [6.07, 6.45) is 2.73. The van der Waals surface area contributed by atoms with Gasteiger partial charge in [0, 0.05) is 12.0 Å². The van der Waals surface area contributed by atoms with E-state index in [2.05, 4.69) is 0 Å². The van der Waals surface area contributed by atoms with Crippen LogP contribution in [0.15, 0.2) is 0 Å². The fraction of sp³-hybridized carbons (Fsp3) is 0.929. The van der Waals surface area contributed by atoms with Crippen molar-refractivity contribution >= 4 is 6.09 Å². The summed E-state index contributed by atoms with van der Waals surface area (Å²) in [5.74, 6) is 0. The zero-order valence-electron chi connectivity index (χ0n) is 12.1. The van der Waals surface area contributed by atoms with Crippen LogP contribution in [0.25, 0.3) is 0 Å². The molecule has 0 bridgehead atoms. The second-order valence-electron chi connectivity index (χ2n) is 6.64. The van der Waals surface area contributed by atoms with Gasteiger partial charge in [-0.3, -0.25) is 4.90 Å². The van der Waals surface area contributed by atoms with Gasteiger partial charge in [0.05, 0.1) is 25.9 Å². The Labute approximate surface area is 114 Å². The van der Waals surface area contributed by atoms with E-state index in [-0.39, 0.29) is 24.2 Å². The van der Waals surface area contributed by atoms with Gasteiger partial charge in [-0.05, 0) is 33.6 Å². The molecule has 19 heavy (non-hydrogen) atoms. The lowest BCUT2D eigenvalue weighted by Crippen LogP contribution is -2.61. The quantitative estimate of drug-likeness (QED) is 0.832. The average Bonchev–Trinajstić information content (AvgIpc) is 2.26. The number of carbonyl (C=O) groups excluding carboxylic acids is 1. The summed E-state index contributed by atoms with van der Waals surface area (Å²) in [7, 11) is 0. The predicted molar refractivity (Wildman–Crippen MR) is 70.9 cm³/mol. The SMILES string of the molecule is CC(C)(C)OC(=O)N1CCOCC1C1(CO)CCC1. The van der Waals surface area contributed by atoms with Crippen LogP contribution in [0.5, 0.6) is 0 Å². The molecule has 1 unspecified atom stereocenters. The molecular formula is C14H25NO4. The third-order valence-corrected chi connectivity index (χ3v) is 4.13. The lowest BCUT2D eigenvalue weighted by atomic mass is 9.64. The molecule has 1 aliphatic carbocycles. The Morgan fingerprint density at radius 3 is 2.63 bits per heavy atom. The first kappa shape index (κ1) is 14.6. The summed E-state index contributed by atoms with van der Waals surface area (Å²) in [5.41, 5.74) is -0.677. The van der Waals surface area contributed by atoms with Crippen LogP contribution in [0.4, 0.5) is 4.79 Å². The number of aliphatic hydroxyl groups excluding tert-OH is 1. The normalized spacial score (nSPS) is 26.7. The van der Waals surface area contributed by atoms with E-state index >= 15 is 0 Å². The summed E-state index contributed by atoms with van der Waals surface area (Å²) in [6, 6.07) is -0.0603. The van der Waals surface area contributed by atoms with E-state index in [0.29, 0.717) is 19.8 Å². The fourth-order valence-electron chi connectivity index (χ4n) is 2.88. The molecule has 0 aromatic carbocycles. The number of carbonyl (C=O) groups is 1. The smallest absolute Gasteiger partial charge is 0.410 e. The number of hydrogen-bond acceptors (Lipinski definition) is 4. The van der Waals surface area contributed by atoms with Gasteiger partial charge in [-0.15, -0.1) is 0 Å². The van der Waals surface area contributed by atoms with E-state index in [1.807, 2.05) is 20.8 Å². The molecule has 0 spiro atoms. The maximum absolute atomic E-state index is 12.3. The lowest BCUT2D eigenvalue weighted by Gasteiger charge is -2.51. The molecule has 5 heteroatoms. The Balaban J connectivity index is 2.10. The molecule has 2 fully saturated rings. The van der Waals surface area contributed by atoms with Crippen LogP contribution in [0.1, 0.15) is 40.0 Å². The van der Waals surface area contributed by atoms with Crippen molar-refractivity contribution in [3.05, 3.63) is 0 Å². The van der Waals surface area contributed by atoms with Crippen molar-refractivity contribution in [3.8, 4) is 0 Å². The molecule has 1 saturated heterocycles. The van der Waals surface area contributed by atoms with Gasteiger partial charge in [0.2, 0.25) is 0 Å². The minimum Gasteiger partial charge on any atom is -0.444 e. The van der Waals surface area contributed by atoms with Gasteiger partial charge in [0.25, 0.3) is 0 Å². The largest absolute Gasteiger partial charge is 0.444 e. The predicted octanol–water partition coefficient (Wildman–Crippen LogP) is 1.78. The van der Waals surface area contributed by atoms with Gasteiger partial charge in [-0.25, -0.2) is 4.79 Å². The van der Waals surface area contributed by atoms with Gasteiger partial charge in [0.1, 0.15) is 5.60 Å². The Kier molecular flexibility index (Phi) is 4.06. The maximum Gasteiger partial charge on any atom is 0.410 e. The van der Waals surface area contributed by atoms with Gasteiger partial charge >= 0.3 is 6.09 Å². The van der Waals surface area contributed by atoms with Crippen molar-refractivity contribution in [3.63, 3.8) is 0 Å². The van der Waals surface area contributed by atoms with Gasteiger partial charge < -0.3 is 14.6 Å². The van der Waals surface area contributed by atoms with Crippen LogP contribution in [0, 0.1) is 5.41 Å². The van der Waals surface area contributed by atoms with E-state index in [9.17, 15) is 9.90 Å². The Bertz CT molecular complexity index is 327. The number of rotatable bonds is 2. The highest BCUT2D eigenvalue weighted by Crippen LogP contribution is 2.46. The molecule has 0 radical (unpaired) electrons. The highest BCUT2D eigenvalue weighted by atomic mass is 16.6. The fourth-order valence-corrected chi connectivity index (χ4v) is 2.88. The number of ether oxygens (including phenoxy) is 2. The molecular weight excluding hydrogens is 246 g/mol. The first-order valence-corrected chi connectivity index (χ1v) is 7.06. The number of aliphatic hydroxyl groups is 1. The standard InChI is InChI=1S/C14H25NO4/c1-13(2,3)19-12(17)15-7-8-18-9-11(15)14(10-16)5-4-6-14/h11,16H,4-10H2,1-3H3. The number of amides is 1. The highest BCUT2D eigenvalue weighted by molar-refractivity contribution is 5.69. The lowest BCUT2D eigenvalue weighted by molar-refractivity contribution is -0.109. The van der Waals surface area contributed by atoms with Crippen molar-refractivity contribution < 1.29 is 19.4 Å². The van der Waals surface area contributed by atoms with Crippen molar-refractivity contribution in [2.24, 2.45) is 5.41 Å². The zero-order chi connectivity index (χ0) is 14.1.